The first-order chi connectivity index (χ1) is 5.70. The smallest absolute Gasteiger partial charge is 0.0512 e. The maximum Gasteiger partial charge on any atom is 0.0512 e. The van der Waals surface area contributed by atoms with Crippen LogP contribution in [0.25, 0.3) is 0 Å². The fourth-order valence-electron chi connectivity index (χ4n) is 1.99. The predicted octanol–water partition coefficient (Wildman–Crippen LogP) is 1.63. The highest BCUT2D eigenvalue weighted by molar-refractivity contribution is 4.76. The number of rotatable bonds is 4. The summed E-state index contributed by atoms with van der Waals surface area (Å²) in [5.74, 6) is 0. The van der Waals surface area contributed by atoms with Gasteiger partial charge >= 0.3 is 0 Å². The van der Waals surface area contributed by atoms with Crippen LogP contribution in [0.3, 0.4) is 0 Å². The van der Waals surface area contributed by atoms with Gasteiger partial charge in [-0.15, -0.1) is 0 Å². The zero-order valence-electron chi connectivity index (χ0n) is 8.29. The summed E-state index contributed by atoms with van der Waals surface area (Å²) in [6.45, 7) is 3.14. The van der Waals surface area contributed by atoms with Gasteiger partial charge in [-0.2, -0.15) is 0 Å². The van der Waals surface area contributed by atoms with E-state index in [2.05, 4.69) is 11.9 Å². The highest BCUT2D eigenvalue weighted by Crippen LogP contribution is 2.20. The van der Waals surface area contributed by atoms with E-state index in [1.807, 2.05) is 6.92 Å². The number of nitrogens with zero attached hydrogens (tertiary/aromatic N) is 1. The molecule has 0 aromatic heterocycles. The fraction of sp³-hybridized carbons (Fsp3) is 1.00. The van der Waals surface area contributed by atoms with Crippen molar-refractivity contribution in [2.45, 2.75) is 51.2 Å². The van der Waals surface area contributed by atoms with Gasteiger partial charge in [0, 0.05) is 6.04 Å². The average Bonchev–Trinajstić information content (AvgIpc) is 2.36. The van der Waals surface area contributed by atoms with Crippen molar-refractivity contribution in [3.05, 3.63) is 0 Å². The van der Waals surface area contributed by atoms with Crippen LogP contribution in [0.15, 0.2) is 0 Å². The molecule has 0 aliphatic carbocycles. The summed E-state index contributed by atoms with van der Waals surface area (Å²) in [5, 5.41) is 9.08. The molecule has 0 amide bonds. The van der Waals surface area contributed by atoms with Crippen LogP contribution in [0.2, 0.25) is 0 Å². The maximum atomic E-state index is 9.08. The van der Waals surface area contributed by atoms with E-state index in [4.69, 9.17) is 5.11 Å². The standard InChI is InChI=1S/C10H21NO/c1-9(12)5-3-6-10-7-4-8-11(10)2/h9-10,12H,3-8H2,1-2H3/t9-,10?/m0/s1. The summed E-state index contributed by atoms with van der Waals surface area (Å²) >= 11 is 0. The van der Waals surface area contributed by atoms with Crippen LogP contribution < -0.4 is 0 Å². The number of aliphatic hydroxyl groups is 1. The average molecular weight is 171 g/mol. The van der Waals surface area contributed by atoms with Crippen molar-refractivity contribution in [2.75, 3.05) is 13.6 Å². The van der Waals surface area contributed by atoms with Crippen LogP contribution in [0.4, 0.5) is 0 Å². The van der Waals surface area contributed by atoms with Gasteiger partial charge in [0.05, 0.1) is 6.10 Å². The minimum atomic E-state index is -0.114. The Morgan fingerprint density at radius 1 is 1.58 bits per heavy atom. The molecule has 1 fully saturated rings. The van der Waals surface area contributed by atoms with Gasteiger partial charge in [0.15, 0.2) is 0 Å². The van der Waals surface area contributed by atoms with Crippen LogP contribution >= 0.6 is 0 Å². The molecule has 1 aliphatic rings. The van der Waals surface area contributed by atoms with Gasteiger partial charge in [-0.05, 0) is 52.6 Å². The third-order valence-electron chi connectivity index (χ3n) is 2.83. The van der Waals surface area contributed by atoms with E-state index in [1.54, 1.807) is 0 Å². The van der Waals surface area contributed by atoms with Crippen molar-refractivity contribution >= 4 is 0 Å². The Morgan fingerprint density at radius 3 is 2.83 bits per heavy atom. The third kappa shape index (κ3) is 3.11. The van der Waals surface area contributed by atoms with Crippen molar-refractivity contribution < 1.29 is 5.11 Å². The normalized spacial score (nSPS) is 27.8. The molecule has 1 rings (SSSR count). The number of hydrogen-bond donors (Lipinski definition) is 1. The molecule has 1 unspecified atom stereocenters. The molecule has 72 valence electrons. The van der Waals surface area contributed by atoms with E-state index in [9.17, 15) is 0 Å². The van der Waals surface area contributed by atoms with Gasteiger partial charge in [0.25, 0.3) is 0 Å². The molecule has 0 aromatic rings. The van der Waals surface area contributed by atoms with Crippen molar-refractivity contribution in [1.29, 1.82) is 0 Å². The zero-order chi connectivity index (χ0) is 8.97. The third-order valence-corrected chi connectivity index (χ3v) is 2.83. The Hall–Kier alpha value is -0.0800. The lowest BCUT2D eigenvalue weighted by Gasteiger charge is -2.19. The summed E-state index contributed by atoms with van der Waals surface area (Å²) < 4.78 is 0. The van der Waals surface area contributed by atoms with Crippen LogP contribution in [0.5, 0.6) is 0 Å². The molecule has 0 bridgehead atoms. The second kappa shape index (κ2) is 4.83. The van der Waals surface area contributed by atoms with Gasteiger partial charge < -0.3 is 10.0 Å². The molecule has 1 saturated heterocycles. The van der Waals surface area contributed by atoms with Crippen molar-refractivity contribution in [3.63, 3.8) is 0 Å². The Bertz CT molecular complexity index is 125. The Kier molecular flexibility index (Phi) is 4.02. The largest absolute Gasteiger partial charge is 0.393 e. The lowest BCUT2D eigenvalue weighted by atomic mass is 10.1. The van der Waals surface area contributed by atoms with Crippen LogP contribution in [0.1, 0.15) is 39.0 Å². The minimum Gasteiger partial charge on any atom is -0.393 e. The van der Waals surface area contributed by atoms with E-state index in [-0.39, 0.29) is 6.10 Å². The van der Waals surface area contributed by atoms with Crippen LogP contribution in [0, 0.1) is 0 Å². The molecule has 1 N–H and O–H groups in total. The molecule has 1 aliphatic heterocycles. The molecule has 0 saturated carbocycles. The van der Waals surface area contributed by atoms with Gasteiger partial charge in [-0.3, -0.25) is 0 Å². The molecule has 2 atom stereocenters. The second-order valence-electron chi connectivity index (χ2n) is 4.06. The van der Waals surface area contributed by atoms with E-state index in [0.29, 0.717) is 0 Å². The lowest BCUT2D eigenvalue weighted by molar-refractivity contribution is 0.175. The van der Waals surface area contributed by atoms with E-state index < -0.39 is 0 Å². The highest BCUT2D eigenvalue weighted by atomic mass is 16.3. The Labute approximate surface area is 75.6 Å². The molecule has 1 heterocycles. The first-order valence-corrected chi connectivity index (χ1v) is 5.08. The monoisotopic (exact) mass is 171 g/mol. The second-order valence-corrected chi connectivity index (χ2v) is 4.06. The van der Waals surface area contributed by atoms with Crippen molar-refractivity contribution in [3.8, 4) is 0 Å². The minimum absolute atomic E-state index is 0.114. The van der Waals surface area contributed by atoms with Gasteiger partial charge in [0.2, 0.25) is 0 Å². The van der Waals surface area contributed by atoms with Crippen molar-refractivity contribution in [1.82, 2.24) is 4.90 Å². The molecule has 2 heteroatoms. The van der Waals surface area contributed by atoms with Crippen molar-refractivity contribution in [2.24, 2.45) is 0 Å². The quantitative estimate of drug-likeness (QED) is 0.695. The number of aliphatic hydroxyl groups excluding tert-OH is 1. The van der Waals surface area contributed by atoms with Gasteiger partial charge in [-0.1, -0.05) is 0 Å². The molecule has 0 radical (unpaired) electrons. The first-order valence-electron chi connectivity index (χ1n) is 5.08. The van der Waals surface area contributed by atoms with E-state index >= 15 is 0 Å². The SMILES string of the molecule is C[C@H](O)CCCC1CCCN1C. The molecule has 2 nitrogen and oxygen atoms in total. The molecular formula is C10H21NO. The molecule has 0 spiro atoms. The van der Waals surface area contributed by atoms with Crippen LogP contribution in [-0.4, -0.2) is 35.7 Å². The van der Waals surface area contributed by atoms with Gasteiger partial charge in [-0.25, -0.2) is 0 Å². The lowest BCUT2D eigenvalue weighted by Crippen LogP contribution is -2.24. The van der Waals surface area contributed by atoms with E-state index in [0.717, 1.165) is 12.5 Å². The first kappa shape index (κ1) is 10.0. The molecule has 12 heavy (non-hydrogen) atoms. The topological polar surface area (TPSA) is 23.5 Å². The summed E-state index contributed by atoms with van der Waals surface area (Å²) in [6.07, 6.45) is 6.00. The maximum absolute atomic E-state index is 9.08. The molecular weight excluding hydrogens is 150 g/mol. The summed E-state index contributed by atoms with van der Waals surface area (Å²) in [5.41, 5.74) is 0. The predicted molar refractivity (Wildman–Crippen MR) is 51.2 cm³/mol. The molecule has 0 aromatic carbocycles. The Balaban J connectivity index is 2.06. The van der Waals surface area contributed by atoms with Crippen LogP contribution in [-0.2, 0) is 0 Å². The fourth-order valence-corrected chi connectivity index (χ4v) is 1.99. The number of likely N-dealkylation sites (tertiary alicyclic amines) is 1. The Morgan fingerprint density at radius 2 is 2.33 bits per heavy atom. The highest BCUT2D eigenvalue weighted by Gasteiger charge is 2.19. The summed E-state index contributed by atoms with van der Waals surface area (Å²) in [7, 11) is 2.21. The summed E-state index contributed by atoms with van der Waals surface area (Å²) in [6, 6.07) is 0.795. The zero-order valence-corrected chi connectivity index (χ0v) is 8.29. The van der Waals surface area contributed by atoms with E-state index in [1.165, 1.54) is 32.2 Å². The van der Waals surface area contributed by atoms with Gasteiger partial charge in [0.1, 0.15) is 0 Å². The number of hydrogen-bond acceptors (Lipinski definition) is 2. The summed E-state index contributed by atoms with van der Waals surface area (Å²) in [4.78, 5) is 2.45.